The van der Waals surface area contributed by atoms with Gasteiger partial charge in [0.15, 0.2) is 0 Å². The fraction of sp³-hybridized carbons (Fsp3) is 0.478. The average Bonchev–Trinajstić information content (AvgIpc) is 3.63. The van der Waals surface area contributed by atoms with Crippen molar-refractivity contribution in [2.75, 3.05) is 51.1 Å². The van der Waals surface area contributed by atoms with Crippen molar-refractivity contribution in [2.45, 2.75) is 31.5 Å². The van der Waals surface area contributed by atoms with Gasteiger partial charge in [-0.15, -0.1) is 0 Å². The number of anilines is 2. The lowest BCUT2D eigenvalue weighted by atomic mass is 10.0. The Hall–Kier alpha value is -2.12. The van der Waals surface area contributed by atoms with Crippen LogP contribution in [0.4, 0.5) is 11.4 Å². The van der Waals surface area contributed by atoms with Gasteiger partial charge in [-0.2, -0.15) is 0 Å². The van der Waals surface area contributed by atoms with Crippen molar-refractivity contribution in [3.8, 4) is 0 Å². The minimum atomic E-state index is 0.387. The van der Waals surface area contributed by atoms with Crippen molar-refractivity contribution in [1.82, 2.24) is 0 Å². The van der Waals surface area contributed by atoms with Crippen molar-refractivity contribution in [3.05, 3.63) is 59.7 Å². The summed E-state index contributed by atoms with van der Waals surface area (Å²) >= 11 is 0. The lowest BCUT2D eigenvalue weighted by Crippen LogP contribution is -2.05. The van der Waals surface area contributed by atoms with E-state index < -0.39 is 0 Å². The van der Waals surface area contributed by atoms with Gasteiger partial charge < -0.3 is 30.4 Å². The number of benzene rings is 2. The molecule has 2 aliphatic heterocycles. The van der Waals surface area contributed by atoms with Gasteiger partial charge in [0.25, 0.3) is 0 Å². The SMILES string of the molecule is C(CCOCC1CO1)COCC1CO1.Nc1ccc(Cc2ccc(N)cc2)cc1. The van der Waals surface area contributed by atoms with E-state index in [1.807, 2.05) is 48.5 Å². The van der Waals surface area contributed by atoms with Crippen molar-refractivity contribution in [3.63, 3.8) is 0 Å². The fourth-order valence-electron chi connectivity index (χ4n) is 2.67. The van der Waals surface area contributed by atoms with Gasteiger partial charge in [-0.3, -0.25) is 0 Å². The second-order valence-electron chi connectivity index (χ2n) is 7.43. The summed E-state index contributed by atoms with van der Waals surface area (Å²) < 4.78 is 20.8. The topological polar surface area (TPSA) is 95.6 Å². The molecule has 0 aliphatic carbocycles. The van der Waals surface area contributed by atoms with Crippen molar-refractivity contribution < 1.29 is 18.9 Å². The Morgan fingerprint density at radius 3 is 1.41 bits per heavy atom. The fourth-order valence-corrected chi connectivity index (χ4v) is 2.67. The van der Waals surface area contributed by atoms with E-state index in [-0.39, 0.29) is 0 Å². The number of rotatable bonds is 11. The van der Waals surface area contributed by atoms with E-state index in [4.69, 9.17) is 30.4 Å². The first-order chi connectivity index (χ1) is 14.2. The van der Waals surface area contributed by atoms with E-state index >= 15 is 0 Å². The Morgan fingerprint density at radius 2 is 1.07 bits per heavy atom. The second-order valence-corrected chi connectivity index (χ2v) is 7.43. The Kier molecular flexibility index (Phi) is 8.77. The van der Waals surface area contributed by atoms with Crippen LogP contribution in [-0.4, -0.2) is 51.8 Å². The number of nitrogen functional groups attached to an aromatic ring is 2. The summed E-state index contributed by atoms with van der Waals surface area (Å²) in [6, 6.07) is 15.9. The summed E-state index contributed by atoms with van der Waals surface area (Å²) in [6.07, 6.45) is 3.83. The highest BCUT2D eigenvalue weighted by Gasteiger charge is 2.22. The Bertz CT molecular complexity index is 636. The van der Waals surface area contributed by atoms with Gasteiger partial charge >= 0.3 is 0 Å². The van der Waals surface area contributed by atoms with Crippen LogP contribution >= 0.6 is 0 Å². The highest BCUT2D eigenvalue weighted by Crippen LogP contribution is 2.13. The lowest BCUT2D eigenvalue weighted by molar-refractivity contribution is 0.0885. The van der Waals surface area contributed by atoms with Crippen molar-refractivity contribution in [1.29, 1.82) is 0 Å². The third-order valence-corrected chi connectivity index (χ3v) is 4.61. The van der Waals surface area contributed by atoms with Crippen LogP contribution in [-0.2, 0) is 25.4 Å². The molecule has 2 atom stereocenters. The van der Waals surface area contributed by atoms with E-state index in [1.165, 1.54) is 11.1 Å². The minimum absolute atomic E-state index is 0.387. The molecule has 0 bridgehead atoms. The number of hydrogen-bond acceptors (Lipinski definition) is 6. The Balaban J connectivity index is 0.000000166. The van der Waals surface area contributed by atoms with E-state index in [0.717, 1.165) is 70.3 Å². The van der Waals surface area contributed by atoms with Crippen LogP contribution in [0.15, 0.2) is 48.5 Å². The number of ether oxygens (including phenoxy) is 4. The first-order valence-electron chi connectivity index (χ1n) is 10.3. The van der Waals surface area contributed by atoms with Crippen molar-refractivity contribution in [2.24, 2.45) is 0 Å². The largest absolute Gasteiger partial charge is 0.399 e. The van der Waals surface area contributed by atoms with E-state index in [9.17, 15) is 0 Å². The molecule has 2 aromatic carbocycles. The monoisotopic (exact) mass is 400 g/mol. The molecule has 0 aromatic heterocycles. The van der Waals surface area contributed by atoms with Gasteiger partial charge in [-0.25, -0.2) is 0 Å². The summed E-state index contributed by atoms with van der Waals surface area (Å²) in [6.45, 7) is 4.93. The zero-order valence-corrected chi connectivity index (χ0v) is 16.9. The zero-order chi connectivity index (χ0) is 20.3. The first kappa shape index (κ1) is 21.6. The molecule has 158 valence electrons. The van der Waals surface area contributed by atoms with Crippen LogP contribution in [0.2, 0.25) is 0 Å². The molecule has 0 spiro atoms. The normalized spacial score (nSPS) is 19.3. The number of nitrogens with two attached hydrogens (primary N) is 2. The van der Waals surface area contributed by atoms with Gasteiger partial charge in [0.2, 0.25) is 0 Å². The van der Waals surface area contributed by atoms with Gasteiger partial charge in [-0.05, 0) is 54.7 Å². The predicted octanol–water partition coefficient (Wildman–Crippen LogP) is 3.04. The lowest BCUT2D eigenvalue weighted by Gasteiger charge is -2.03. The summed E-state index contributed by atoms with van der Waals surface area (Å²) in [7, 11) is 0. The molecular weight excluding hydrogens is 368 g/mol. The van der Waals surface area contributed by atoms with Gasteiger partial charge in [0.1, 0.15) is 12.2 Å². The molecule has 2 saturated heterocycles. The molecule has 2 heterocycles. The maximum absolute atomic E-state index is 5.62. The van der Waals surface area contributed by atoms with Gasteiger partial charge in [0, 0.05) is 24.6 Å². The number of unbranched alkanes of at least 4 members (excludes halogenated alkanes) is 1. The quantitative estimate of drug-likeness (QED) is 0.342. The van der Waals surface area contributed by atoms with Gasteiger partial charge in [0.05, 0.1) is 26.4 Å². The average molecular weight is 401 g/mol. The van der Waals surface area contributed by atoms with Crippen LogP contribution in [0.25, 0.3) is 0 Å². The van der Waals surface area contributed by atoms with E-state index in [1.54, 1.807) is 0 Å². The van der Waals surface area contributed by atoms with Crippen LogP contribution < -0.4 is 11.5 Å². The minimum Gasteiger partial charge on any atom is -0.399 e. The van der Waals surface area contributed by atoms with Crippen LogP contribution in [0, 0.1) is 0 Å². The molecule has 2 unspecified atom stereocenters. The van der Waals surface area contributed by atoms with E-state index in [0.29, 0.717) is 12.2 Å². The second kappa shape index (κ2) is 11.8. The molecule has 4 rings (SSSR count). The molecule has 6 heteroatoms. The van der Waals surface area contributed by atoms with E-state index in [2.05, 4.69) is 0 Å². The summed E-state index contributed by atoms with van der Waals surface area (Å²) in [4.78, 5) is 0. The Morgan fingerprint density at radius 1 is 0.690 bits per heavy atom. The van der Waals surface area contributed by atoms with Crippen LogP contribution in [0.5, 0.6) is 0 Å². The number of hydrogen-bond donors (Lipinski definition) is 2. The summed E-state index contributed by atoms with van der Waals surface area (Å²) in [5, 5.41) is 0. The molecule has 2 aromatic rings. The Labute approximate surface area is 173 Å². The predicted molar refractivity (Wildman–Crippen MR) is 115 cm³/mol. The number of epoxide rings is 2. The molecule has 0 radical (unpaired) electrons. The maximum atomic E-state index is 5.62. The molecule has 2 aliphatic rings. The molecular formula is C23H32N2O4. The van der Waals surface area contributed by atoms with Crippen LogP contribution in [0.1, 0.15) is 24.0 Å². The molecule has 0 amide bonds. The molecule has 29 heavy (non-hydrogen) atoms. The summed E-state index contributed by atoms with van der Waals surface area (Å²) in [5.41, 5.74) is 15.4. The zero-order valence-electron chi connectivity index (χ0n) is 16.9. The molecule has 0 saturated carbocycles. The maximum Gasteiger partial charge on any atom is 0.104 e. The third kappa shape index (κ3) is 9.76. The molecule has 2 fully saturated rings. The van der Waals surface area contributed by atoms with Crippen LogP contribution in [0.3, 0.4) is 0 Å². The standard InChI is InChI=1S/C13H14N2.C10H18O4/c14-12-5-1-10(2-6-12)9-11-3-7-13(15)8-4-11;1(3-11-5-9-7-13-9)2-4-12-6-10-8-14-10/h1-8H,9,14-15H2;9-10H,1-8H2. The molecule has 4 N–H and O–H groups in total. The smallest absolute Gasteiger partial charge is 0.104 e. The summed E-state index contributed by atoms with van der Waals surface area (Å²) in [5.74, 6) is 0. The molecule has 6 nitrogen and oxygen atoms in total. The third-order valence-electron chi connectivity index (χ3n) is 4.61. The highest BCUT2D eigenvalue weighted by molar-refractivity contribution is 5.43. The van der Waals surface area contributed by atoms with Crippen molar-refractivity contribution >= 4 is 11.4 Å². The van der Waals surface area contributed by atoms with Gasteiger partial charge in [-0.1, -0.05) is 24.3 Å². The first-order valence-corrected chi connectivity index (χ1v) is 10.3. The highest BCUT2D eigenvalue weighted by atomic mass is 16.6.